The van der Waals surface area contributed by atoms with E-state index >= 15 is 0 Å². The summed E-state index contributed by atoms with van der Waals surface area (Å²) >= 11 is 1.56. The average Bonchev–Trinajstić information content (AvgIpc) is 3.02. The molecule has 0 aliphatic heterocycles. The summed E-state index contributed by atoms with van der Waals surface area (Å²) in [4.78, 5) is 18.7. The zero-order valence-electron chi connectivity index (χ0n) is 13.8. The SMILES string of the molecule is Cc1cc2[nH]c(C(=O)Nc3cc(F)c(F)c(F)c3)c(CN(C)C)c2s1. The summed E-state index contributed by atoms with van der Waals surface area (Å²) in [7, 11) is 3.76. The number of halogens is 3. The van der Waals surface area contributed by atoms with Crippen LogP contribution in [0.2, 0.25) is 0 Å². The molecular weight excluding hydrogens is 351 g/mol. The number of H-pyrrole nitrogens is 1. The number of amides is 1. The van der Waals surface area contributed by atoms with Crippen LogP contribution >= 0.6 is 11.3 Å². The Bertz CT molecular complexity index is 939. The molecular formula is C17H16F3N3OS. The lowest BCUT2D eigenvalue weighted by atomic mass is 10.2. The first kappa shape index (κ1) is 17.5. The first-order valence-electron chi connectivity index (χ1n) is 7.48. The second-order valence-electron chi connectivity index (χ2n) is 6.02. The predicted molar refractivity (Wildman–Crippen MR) is 92.6 cm³/mol. The summed E-state index contributed by atoms with van der Waals surface area (Å²) in [5.74, 6) is -4.82. The maximum atomic E-state index is 13.3. The van der Waals surface area contributed by atoms with Crippen LogP contribution in [0.3, 0.4) is 0 Å². The van der Waals surface area contributed by atoms with Crippen molar-refractivity contribution in [3.05, 3.63) is 51.8 Å². The highest BCUT2D eigenvalue weighted by Crippen LogP contribution is 2.32. The third-order valence-corrected chi connectivity index (χ3v) is 4.74. The van der Waals surface area contributed by atoms with Gasteiger partial charge in [-0.15, -0.1) is 11.3 Å². The van der Waals surface area contributed by atoms with Gasteiger partial charge in [-0.1, -0.05) is 0 Å². The Hall–Kier alpha value is -2.32. The van der Waals surface area contributed by atoms with Crippen molar-refractivity contribution in [2.24, 2.45) is 0 Å². The standard InChI is InChI=1S/C17H16F3N3OS/c1-8-4-13-16(25-8)10(7-23(2)3)15(22-13)17(24)21-9-5-11(18)14(20)12(19)6-9/h4-6,22H,7H2,1-3H3,(H,21,24). The molecule has 3 rings (SSSR count). The van der Waals surface area contributed by atoms with E-state index in [1.807, 2.05) is 32.0 Å². The van der Waals surface area contributed by atoms with Gasteiger partial charge in [0.25, 0.3) is 5.91 Å². The molecule has 0 aliphatic carbocycles. The number of hydrogen-bond donors (Lipinski definition) is 2. The molecule has 0 aliphatic rings. The number of nitrogens with zero attached hydrogens (tertiary/aromatic N) is 1. The van der Waals surface area contributed by atoms with E-state index in [0.29, 0.717) is 12.2 Å². The molecule has 0 fully saturated rings. The second-order valence-corrected chi connectivity index (χ2v) is 7.28. The third-order valence-electron chi connectivity index (χ3n) is 3.63. The van der Waals surface area contributed by atoms with Crippen molar-refractivity contribution in [2.45, 2.75) is 13.5 Å². The molecule has 25 heavy (non-hydrogen) atoms. The normalized spacial score (nSPS) is 11.5. The Morgan fingerprint density at radius 2 is 1.84 bits per heavy atom. The summed E-state index contributed by atoms with van der Waals surface area (Å²) in [5, 5.41) is 2.42. The number of aromatic amines is 1. The van der Waals surface area contributed by atoms with Gasteiger partial charge in [0.15, 0.2) is 17.5 Å². The van der Waals surface area contributed by atoms with E-state index in [1.54, 1.807) is 11.3 Å². The topological polar surface area (TPSA) is 48.1 Å². The van der Waals surface area contributed by atoms with Gasteiger partial charge in [-0.05, 0) is 27.1 Å². The molecule has 1 amide bonds. The Labute approximate surface area is 146 Å². The van der Waals surface area contributed by atoms with Crippen molar-refractivity contribution in [3.63, 3.8) is 0 Å². The van der Waals surface area contributed by atoms with E-state index in [0.717, 1.165) is 32.8 Å². The van der Waals surface area contributed by atoms with Crippen molar-refractivity contribution in [3.8, 4) is 0 Å². The predicted octanol–water partition coefficient (Wildman–Crippen LogP) is 4.27. The van der Waals surface area contributed by atoms with E-state index in [9.17, 15) is 18.0 Å². The molecule has 2 heterocycles. The highest BCUT2D eigenvalue weighted by atomic mass is 32.1. The lowest BCUT2D eigenvalue weighted by molar-refractivity contribution is 0.102. The number of carbonyl (C=O) groups excluding carboxylic acids is 1. The van der Waals surface area contributed by atoms with Crippen molar-refractivity contribution in [1.82, 2.24) is 9.88 Å². The Morgan fingerprint density at radius 1 is 1.20 bits per heavy atom. The van der Waals surface area contributed by atoms with Gasteiger partial charge < -0.3 is 15.2 Å². The summed E-state index contributed by atoms with van der Waals surface area (Å²) in [6.45, 7) is 2.50. The van der Waals surface area contributed by atoms with Crippen LogP contribution in [-0.4, -0.2) is 29.9 Å². The van der Waals surface area contributed by atoms with E-state index in [-0.39, 0.29) is 5.69 Å². The number of benzene rings is 1. The van der Waals surface area contributed by atoms with Crippen LogP contribution in [0.5, 0.6) is 0 Å². The molecule has 0 bridgehead atoms. The number of aromatic nitrogens is 1. The highest BCUT2D eigenvalue weighted by molar-refractivity contribution is 7.19. The molecule has 0 atom stereocenters. The van der Waals surface area contributed by atoms with Crippen LogP contribution in [0.4, 0.5) is 18.9 Å². The first-order chi connectivity index (χ1) is 11.8. The van der Waals surface area contributed by atoms with Gasteiger partial charge in [0.1, 0.15) is 5.69 Å². The monoisotopic (exact) mass is 367 g/mol. The molecule has 2 aromatic heterocycles. The summed E-state index contributed by atoms with van der Waals surface area (Å²) in [5.41, 5.74) is 1.81. The minimum absolute atomic E-state index is 0.147. The quantitative estimate of drug-likeness (QED) is 0.677. The second kappa shape index (κ2) is 6.53. The molecule has 0 unspecified atom stereocenters. The van der Waals surface area contributed by atoms with Crippen LogP contribution in [0, 0.1) is 24.4 Å². The number of anilines is 1. The van der Waals surface area contributed by atoms with Crippen LogP contribution in [0.15, 0.2) is 18.2 Å². The van der Waals surface area contributed by atoms with Crippen molar-refractivity contribution in [2.75, 3.05) is 19.4 Å². The number of thiophene rings is 1. The van der Waals surface area contributed by atoms with Gasteiger partial charge in [0.05, 0.1) is 10.2 Å². The number of nitrogens with one attached hydrogen (secondary N) is 2. The van der Waals surface area contributed by atoms with Crippen LogP contribution in [0.1, 0.15) is 20.9 Å². The first-order valence-corrected chi connectivity index (χ1v) is 8.29. The molecule has 0 radical (unpaired) electrons. The minimum Gasteiger partial charge on any atom is -0.350 e. The molecule has 0 saturated heterocycles. The number of fused-ring (bicyclic) bond motifs is 1. The molecule has 8 heteroatoms. The fourth-order valence-corrected chi connectivity index (χ4v) is 3.65. The lowest BCUT2D eigenvalue weighted by Gasteiger charge is -2.11. The van der Waals surface area contributed by atoms with Crippen molar-refractivity contribution < 1.29 is 18.0 Å². The van der Waals surface area contributed by atoms with Gasteiger partial charge in [-0.3, -0.25) is 4.79 Å². The van der Waals surface area contributed by atoms with Gasteiger partial charge in [0, 0.05) is 34.8 Å². The minimum atomic E-state index is -1.57. The Morgan fingerprint density at radius 3 is 2.44 bits per heavy atom. The van der Waals surface area contributed by atoms with E-state index in [2.05, 4.69) is 10.3 Å². The average molecular weight is 367 g/mol. The van der Waals surface area contributed by atoms with Gasteiger partial charge in [-0.25, -0.2) is 13.2 Å². The Kier molecular flexibility index (Phi) is 4.57. The fourth-order valence-electron chi connectivity index (χ4n) is 2.64. The van der Waals surface area contributed by atoms with E-state index in [4.69, 9.17) is 0 Å². The van der Waals surface area contributed by atoms with Crippen LogP contribution in [-0.2, 0) is 6.54 Å². The van der Waals surface area contributed by atoms with Crippen molar-refractivity contribution >= 4 is 33.1 Å². The van der Waals surface area contributed by atoms with Crippen LogP contribution < -0.4 is 5.32 Å². The summed E-state index contributed by atoms with van der Waals surface area (Å²) < 4.78 is 40.7. The van der Waals surface area contributed by atoms with Crippen molar-refractivity contribution in [1.29, 1.82) is 0 Å². The zero-order chi connectivity index (χ0) is 18.3. The fraction of sp³-hybridized carbons (Fsp3) is 0.235. The number of carbonyl (C=O) groups is 1. The van der Waals surface area contributed by atoms with Gasteiger partial charge in [-0.2, -0.15) is 0 Å². The van der Waals surface area contributed by atoms with Crippen LogP contribution in [0.25, 0.3) is 10.2 Å². The highest BCUT2D eigenvalue weighted by Gasteiger charge is 2.21. The zero-order valence-corrected chi connectivity index (χ0v) is 14.7. The number of rotatable bonds is 4. The van der Waals surface area contributed by atoms with E-state index in [1.165, 1.54) is 0 Å². The van der Waals surface area contributed by atoms with Gasteiger partial charge >= 0.3 is 0 Å². The van der Waals surface area contributed by atoms with E-state index < -0.39 is 23.4 Å². The maximum absolute atomic E-state index is 13.3. The molecule has 1 aromatic carbocycles. The molecule has 2 N–H and O–H groups in total. The molecule has 0 spiro atoms. The lowest BCUT2D eigenvalue weighted by Crippen LogP contribution is -2.18. The molecule has 3 aromatic rings. The third kappa shape index (κ3) is 3.40. The summed E-state index contributed by atoms with van der Waals surface area (Å²) in [6, 6.07) is 3.43. The van der Waals surface area contributed by atoms with Gasteiger partial charge in [0.2, 0.25) is 0 Å². The Balaban J connectivity index is 1.98. The smallest absolute Gasteiger partial charge is 0.272 e. The molecule has 132 valence electrons. The largest absolute Gasteiger partial charge is 0.350 e. The molecule has 4 nitrogen and oxygen atoms in total. The number of hydrogen-bond acceptors (Lipinski definition) is 3. The maximum Gasteiger partial charge on any atom is 0.272 e. The molecule has 0 saturated carbocycles. The summed E-state index contributed by atoms with van der Waals surface area (Å²) in [6.07, 6.45) is 0. The number of aryl methyl sites for hydroxylation is 1.